The SMILES string of the molecule is OC[C@H]1O[C@@H](Oc2c3c4c(ccnc4c4ccccc24)C=CN3)[C@H](O)[C@@H](O)[C@@H]1O. The second-order valence-electron chi connectivity index (χ2n) is 7.17. The number of nitrogens with one attached hydrogen (secondary N) is 1. The Balaban J connectivity index is 1.68. The Hall–Kier alpha value is -2.75. The molecule has 0 amide bonds. The van der Waals surface area contributed by atoms with E-state index in [-0.39, 0.29) is 0 Å². The Morgan fingerprint density at radius 3 is 2.62 bits per heavy atom. The van der Waals surface area contributed by atoms with Gasteiger partial charge in [0.05, 0.1) is 17.8 Å². The van der Waals surface area contributed by atoms with Crippen LogP contribution in [0, 0.1) is 0 Å². The van der Waals surface area contributed by atoms with E-state index in [9.17, 15) is 20.4 Å². The molecule has 0 unspecified atom stereocenters. The van der Waals surface area contributed by atoms with Crippen molar-refractivity contribution in [2.24, 2.45) is 0 Å². The lowest BCUT2D eigenvalue weighted by molar-refractivity contribution is -0.277. The van der Waals surface area contributed by atoms with Gasteiger partial charge in [-0.15, -0.1) is 0 Å². The standard InChI is InChI=1S/C21H20N2O6/c24-9-13-17(25)18(26)19(27)21(28-13)29-20-12-4-2-1-3-11(12)15-14-10(5-7-22-15)6-8-23-16(14)20/h1-8,13,17-19,21,23-27H,9H2/t13-,17-,18+,19-,21+/m1/s1. The number of aromatic nitrogens is 1. The highest BCUT2D eigenvalue weighted by molar-refractivity contribution is 6.18. The van der Waals surface area contributed by atoms with Crippen LogP contribution in [0.1, 0.15) is 5.56 Å². The van der Waals surface area contributed by atoms with Gasteiger partial charge in [0.15, 0.2) is 5.75 Å². The fourth-order valence-electron chi connectivity index (χ4n) is 3.97. The summed E-state index contributed by atoms with van der Waals surface area (Å²) < 4.78 is 11.6. The number of hydrogen-bond donors (Lipinski definition) is 5. The summed E-state index contributed by atoms with van der Waals surface area (Å²) >= 11 is 0. The molecule has 8 nitrogen and oxygen atoms in total. The van der Waals surface area contributed by atoms with E-state index in [1.165, 1.54) is 0 Å². The molecule has 0 aliphatic carbocycles. The number of pyridine rings is 1. The number of rotatable bonds is 3. The predicted octanol–water partition coefficient (Wildman–Crippen LogP) is 0.963. The smallest absolute Gasteiger partial charge is 0.229 e. The van der Waals surface area contributed by atoms with Gasteiger partial charge in [0.1, 0.15) is 24.4 Å². The van der Waals surface area contributed by atoms with Gasteiger partial charge in [0.2, 0.25) is 6.29 Å². The van der Waals surface area contributed by atoms with Crippen molar-refractivity contribution in [3.63, 3.8) is 0 Å². The van der Waals surface area contributed by atoms with Crippen LogP contribution in [-0.2, 0) is 4.74 Å². The highest BCUT2D eigenvalue weighted by Crippen LogP contribution is 2.45. The monoisotopic (exact) mass is 396 g/mol. The minimum Gasteiger partial charge on any atom is -0.459 e. The second kappa shape index (κ2) is 6.94. The first-order valence-electron chi connectivity index (χ1n) is 9.34. The third kappa shape index (κ3) is 2.77. The van der Waals surface area contributed by atoms with Gasteiger partial charge in [0.25, 0.3) is 0 Å². The van der Waals surface area contributed by atoms with Crippen molar-refractivity contribution in [1.29, 1.82) is 0 Å². The predicted molar refractivity (Wildman–Crippen MR) is 106 cm³/mol. The third-order valence-corrected chi connectivity index (χ3v) is 5.46. The highest BCUT2D eigenvalue weighted by atomic mass is 16.7. The molecule has 3 aromatic rings. The molecule has 2 aliphatic rings. The molecule has 2 aliphatic heterocycles. The van der Waals surface area contributed by atoms with Crippen molar-refractivity contribution in [2.75, 3.05) is 11.9 Å². The average Bonchev–Trinajstić information content (AvgIpc) is 2.76. The van der Waals surface area contributed by atoms with Gasteiger partial charge in [-0.05, 0) is 17.7 Å². The number of fused-ring (bicyclic) bond motifs is 2. The van der Waals surface area contributed by atoms with Crippen LogP contribution < -0.4 is 10.1 Å². The number of aliphatic hydroxyl groups is 4. The molecule has 3 heterocycles. The van der Waals surface area contributed by atoms with Gasteiger partial charge >= 0.3 is 0 Å². The van der Waals surface area contributed by atoms with Crippen molar-refractivity contribution in [3.05, 3.63) is 48.3 Å². The maximum Gasteiger partial charge on any atom is 0.229 e. The van der Waals surface area contributed by atoms with E-state index in [0.717, 1.165) is 27.2 Å². The Morgan fingerprint density at radius 1 is 1.03 bits per heavy atom. The molecule has 0 radical (unpaired) electrons. The molecular weight excluding hydrogens is 376 g/mol. The molecule has 1 saturated heterocycles. The molecular formula is C21H20N2O6. The van der Waals surface area contributed by atoms with Gasteiger partial charge in [-0.3, -0.25) is 4.98 Å². The maximum absolute atomic E-state index is 10.4. The van der Waals surface area contributed by atoms with E-state index >= 15 is 0 Å². The molecule has 8 heteroatoms. The quantitative estimate of drug-likeness (QED) is 0.415. The van der Waals surface area contributed by atoms with E-state index in [0.29, 0.717) is 11.4 Å². The molecule has 1 fully saturated rings. The zero-order chi connectivity index (χ0) is 20.1. The van der Waals surface area contributed by atoms with Gasteiger partial charge in [-0.2, -0.15) is 0 Å². The van der Waals surface area contributed by atoms with Crippen molar-refractivity contribution >= 4 is 33.4 Å². The highest BCUT2D eigenvalue weighted by Gasteiger charge is 2.45. The van der Waals surface area contributed by atoms with Crippen LogP contribution in [0.3, 0.4) is 0 Å². The van der Waals surface area contributed by atoms with Gasteiger partial charge in [-0.25, -0.2) is 0 Å². The normalized spacial score (nSPS) is 28.5. The molecule has 5 rings (SSSR count). The molecule has 5 atom stereocenters. The van der Waals surface area contributed by atoms with Crippen LogP contribution in [0.4, 0.5) is 5.69 Å². The molecule has 0 spiro atoms. The van der Waals surface area contributed by atoms with Crippen LogP contribution in [0.15, 0.2) is 42.7 Å². The second-order valence-corrected chi connectivity index (χ2v) is 7.17. The summed E-state index contributed by atoms with van der Waals surface area (Å²) in [7, 11) is 0. The molecule has 150 valence electrons. The van der Waals surface area contributed by atoms with E-state index < -0.39 is 37.3 Å². The van der Waals surface area contributed by atoms with Gasteiger partial charge < -0.3 is 35.2 Å². The molecule has 0 bridgehead atoms. The number of benzene rings is 2. The number of aliphatic hydroxyl groups excluding tert-OH is 4. The van der Waals surface area contributed by atoms with E-state index in [4.69, 9.17) is 9.47 Å². The number of nitrogens with zero attached hydrogens (tertiary/aromatic N) is 1. The first kappa shape index (κ1) is 18.3. The van der Waals surface area contributed by atoms with E-state index in [1.54, 1.807) is 12.4 Å². The van der Waals surface area contributed by atoms with Crippen molar-refractivity contribution < 1.29 is 29.9 Å². The minimum atomic E-state index is -1.51. The van der Waals surface area contributed by atoms with E-state index in [2.05, 4.69) is 10.3 Å². The summed E-state index contributed by atoms with van der Waals surface area (Å²) in [6, 6.07) is 9.48. The van der Waals surface area contributed by atoms with Crippen LogP contribution in [-0.4, -0.2) is 62.7 Å². The van der Waals surface area contributed by atoms with Crippen molar-refractivity contribution in [2.45, 2.75) is 30.7 Å². The largest absolute Gasteiger partial charge is 0.459 e. The maximum atomic E-state index is 10.4. The lowest BCUT2D eigenvalue weighted by Crippen LogP contribution is -2.60. The zero-order valence-corrected chi connectivity index (χ0v) is 15.3. The van der Waals surface area contributed by atoms with Gasteiger partial charge in [0, 0.05) is 28.6 Å². The topological polar surface area (TPSA) is 124 Å². The van der Waals surface area contributed by atoms with E-state index in [1.807, 2.05) is 36.4 Å². The summed E-state index contributed by atoms with van der Waals surface area (Å²) in [5.74, 6) is 0.427. The van der Waals surface area contributed by atoms with Crippen LogP contribution in [0.2, 0.25) is 0 Å². The summed E-state index contributed by atoms with van der Waals surface area (Å²) in [5.41, 5.74) is 2.44. The summed E-state index contributed by atoms with van der Waals surface area (Å²) in [6.07, 6.45) is -1.32. The molecule has 1 aromatic heterocycles. The molecule has 5 N–H and O–H groups in total. The zero-order valence-electron chi connectivity index (χ0n) is 15.3. The summed E-state index contributed by atoms with van der Waals surface area (Å²) in [6.45, 7) is -0.523. The molecule has 0 saturated carbocycles. The Bertz CT molecular complexity index is 1120. The first-order chi connectivity index (χ1) is 14.1. The number of hydrogen-bond acceptors (Lipinski definition) is 8. The fourth-order valence-corrected chi connectivity index (χ4v) is 3.97. The lowest BCUT2D eigenvalue weighted by atomic mass is 9.97. The van der Waals surface area contributed by atoms with Gasteiger partial charge in [-0.1, -0.05) is 24.3 Å². The summed E-state index contributed by atoms with van der Waals surface area (Å²) in [4.78, 5) is 4.55. The van der Waals surface area contributed by atoms with Crippen molar-refractivity contribution in [3.8, 4) is 5.75 Å². The molecule has 29 heavy (non-hydrogen) atoms. The third-order valence-electron chi connectivity index (χ3n) is 5.46. The van der Waals surface area contributed by atoms with Crippen molar-refractivity contribution in [1.82, 2.24) is 4.98 Å². The lowest BCUT2D eigenvalue weighted by Gasteiger charge is -2.40. The number of ether oxygens (including phenoxy) is 2. The summed E-state index contributed by atoms with van der Waals surface area (Å²) in [5, 5.41) is 45.7. The first-order valence-corrected chi connectivity index (χ1v) is 9.34. The molecule has 2 aromatic carbocycles. The van der Waals surface area contributed by atoms with Crippen LogP contribution in [0.25, 0.3) is 27.8 Å². The average molecular weight is 396 g/mol. The van der Waals surface area contributed by atoms with Crippen LogP contribution in [0.5, 0.6) is 5.75 Å². The Labute approximate surface area is 165 Å². The fraction of sp³-hybridized carbons (Fsp3) is 0.286. The Kier molecular flexibility index (Phi) is 4.38. The Morgan fingerprint density at radius 2 is 1.83 bits per heavy atom. The van der Waals surface area contributed by atoms with Crippen LogP contribution >= 0.6 is 0 Å². The minimum absolute atomic E-state index is 0.427. The number of anilines is 1.